The second-order valence-corrected chi connectivity index (χ2v) is 12.0. The molecule has 1 aromatic heterocycles. The highest BCUT2D eigenvalue weighted by molar-refractivity contribution is 7.26. The highest BCUT2D eigenvalue weighted by atomic mass is 32.1. The van der Waals surface area contributed by atoms with Crippen molar-refractivity contribution in [2.45, 2.75) is 0 Å². The van der Waals surface area contributed by atoms with Gasteiger partial charge in [-0.15, -0.1) is 11.3 Å². The minimum Gasteiger partial charge on any atom is -0.309 e. The van der Waals surface area contributed by atoms with Crippen LogP contribution in [0.3, 0.4) is 0 Å². The maximum absolute atomic E-state index is 2.47. The molecule has 0 N–H and O–H groups in total. The average Bonchev–Trinajstić information content (AvgIpc) is 3.44. The van der Waals surface area contributed by atoms with Gasteiger partial charge in [-0.1, -0.05) is 121 Å². The molecule has 0 saturated heterocycles. The van der Waals surface area contributed by atoms with E-state index >= 15 is 0 Å². The van der Waals surface area contributed by atoms with Gasteiger partial charge in [0.1, 0.15) is 0 Å². The van der Waals surface area contributed by atoms with Crippen LogP contribution in [0.15, 0.2) is 152 Å². The third-order valence-corrected chi connectivity index (χ3v) is 9.82. The highest BCUT2D eigenvalue weighted by Gasteiger charge is 2.20. The number of benzene rings is 8. The van der Waals surface area contributed by atoms with Crippen LogP contribution in [0.4, 0.5) is 17.1 Å². The molecule has 0 radical (unpaired) electrons. The summed E-state index contributed by atoms with van der Waals surface area (Å²) in [4.78, 5) is 2.47. The fourth-order valence-corrected chi connectivity index (χ4v) is 7.89. The predicted octanol–water partition coefficient (Wildman–Crippen LogP) is 12.1. The standard InChI is InChI=1S/C40H25NS/c1-4-14-31-26(10-1)12-9-18-37(31)41(38-24-28-11-2-3-13-30(28)32-15-5-6-16-33(32)38)29-22-20-27-21-23-35-34-17-7-8-19-39(34)42-40(35)36(27)25-29/h1-25H. The molecule has 0 aliphatic rings. The van der Waals surface area contributed by atoms with Crippen LogP contribution in [-0.2, 0) is 0 Å². The molecular formula is C40H25NS. The van der Waals surface area contributed by atoms with Crippen molar-refractivity contribution in [1.82, 2.24) is 0 Å². The second-order valence-electron chi connectivity index (χ2n) is 10.9. The van der Waals surface area contributed by atoms with Crippen molar-refractivity contribution in [3.05, 3.63) is 152 Å². The summed E-state index contributed by atoms with van der Waals surface area (Å²) in [6.07, 6.45) is 0. The summed E-state index contributed by atoms with van der Waals surface area (Å²) < 4.78 is 2.67. The first-order chi connectivity index (χ1) is 20.8. The summed E-state index contributed by atoms with van der Waals surface area (Å²) in [5.41, 5.74) is 3.52. The molecule has 9 aromatic rings. The van der Waals surface area contributed by atoms with Crippen LogP contribution in [0.1, 0.15) is 0 Å². The Kier molecular flexibility index (Phi) is 5.13. The van der Waals surface area contributed by atoms with E-state index in [1.54, 1.807) is 0 Å². The Labute approximate surface area is 247 Å². The molecule has 0 spiro atoms. The molecular weight excluding hydrogens is 527 g/mol. The lowest BCUT2D eigenvalue weighted by atomic mass is 9.98. The van der Waals surface area contributed by atoms with Crippen molar-refractivity contribution in [3.8, 4) is 0 Å². The molecule has 0 bridgehead atoms. The summed E-state index contributed by atoms with van der Waals surface area (Å²) >= 11 is 1.89. The van der Waals surface area contributed by atoms with Crippen molar-refractivity contribution in [2.75, 3.05) is 4.90 Å². The van der Waals surface area contributed by atoms with Crippen LogP contribution < -0.4 is 4.90 Å². The highest BCUT2D eigenvalue weighted by Crippen LogP contribution is 2.46. The van der Waals surface area contributed by atoms with Crippen LogP contribution in [-0.4, -0.2) is 0 Å². The van der Waals surface area contributed by atoms with Crippen molar-refractivity contribution in [1.29, 1.82) is 0 Å². The molecule has 9 rings (SSSR count). The molecule has 42 heavy (non-hydrogen) atoms. The van der Waals surface area contributed by atoms with E-state index in [2.05, 4.69) is 157 Å². The number of thiophene rings is 1. The molecule has 2 heteroatoms. The molecule has 0 aliphatic carbocycles. The van der Waals surface area contributed by atoms with E-state index in [-0.39, 0.29) is 0 Å². The normalized spacial score (nSPS) is 11.8. The van der Waals surface area contributed by atoms with E-state index in [1.807, 2.05) is 11.3 Å². The number of anilines is 3. The molecule has 8 aromatic carbocycles. The summed E-state index contributed by atoms with van der Waals surface area (Å²) in [6, 6.07) is 55.6. The predicted molar refractivity (Wildman–Crippen MR) is 184 cm³/mol. The van der Waals surface area contributed by atoms with Gasteiger partial charge in [0.05, 0.1) is 11.4 Å². The Balaban J connectivity index is 1.41. The quantitative estimate of drug-likeness (QED) is 0.197. The molecule has 0 unspecified atom stereocenters. The monoisotopic (exact) mass is 551 g/mol. The van der Waals surface area contributed by atoms with Gasteiger partial charge in [-0.2, -0.15) is 0 Å². The van der Waals surface area contributed by atoms with Gasteiger partial charge in [0, 0.05) is 42.0 Å². The Morgan fingerprint density at radius 2 is 1.00 bits per heavy atom. The first kappa shape index (κ1) is 23.5. The van der Waals surface area contributed by atoms with E-state index in [0.29, 0.717) is 0 Å². The third kappa shape index (κ3) is 3.49. The lowest BCUT2D eigenvalue weighted by Crippen LogP contribution is -2.11. The zero-order valence-electron chi connectivity index (χ0n) is 22.8. The van der Waals surface area contributed by atoms with Crippen LogP contribution in [0.5, 0.6) is 0 Å². The van der Waals surface area contributed by atoms with Crippen LogP contribution in [0, 0.1) is 0 Å². The van der Waals surface area contributed by atoms with E-state index < -0.39 is 0 Å². The molecule has 1 heterocycles. The zero-order chi connectivity index (χ0) is 27.6. The van der Waals surface area contributed by atoms with Gasteiger partial charge >= 0.3 is 0 Å². The summed E-state index contributed by atoms with van der Waals surface area (Å²) in [5, 5.41) is 12.7. The topological polar surface area (TPSA) is 3.24 Å². The van der Waals surface area contributed by atoms with Gasteiger partial charge in [0.15, 0.2) is 0 Å². The van der Waals surface area contributed by atoms with Crippen molar-refractivity contribution in [3.63, 3.8) is 0 Å². The number of nitrogens with zero attached hydrogens (tertiary/aromatic N) is 1. The maximum Gasteiger partial charge on any atom is 0.0546 e. The van der Waals surface area contributed by atoms with Crippen molar-refractivity contribution >= 4 is 91.7 Å². The molecule has 0 saturated carbocycles. The summed E-state index contributed by atoms with van der Waals surface area (Å²) in [6.45, 7) is 0. The minimum absolute atomic E-state index is 1.16. The Morgan fingerprint density at radius 3 is 1.88 bits per heavy atom. The van der Waals surface area contributed by atoms with Gasteiger partial charge in [-0.05, 0) is 57.3 Å². The van der Waals surface area contributed by atoms with Gasteiger partial charge < -0.3 is 4.90 Å². The fraction of sp³-hybridized carbons (Fsp3) is 0. The molecule has 0 aliphatic heterocycles. The SMILES string of the molecule is c1ccc2c(N(c3ccc4ccc5c6ccccc6sc5c4c3)c3cc4ccccc4c4ccccc34)cccc2c1. The largest absolute Gasteiger partial charge is 0.309 e. The van der Waals surface area contributed by atoms with E-state index in [9.17, 15) is 0 Å². The first-order valence-electron chi connectivity index (χ1n) is 14.4. The minimum atomic E-state index is 1.16. The van der Waals surface area contributed by atoms with Crippen LogP contribution in [0.2, 0.25) is 0 Å². The zero-order valence-corrected chi connectivity index (χ0v) is 23.6. The molecule has 1 nitrogen and oxygen atoms in total. The van der Waals surface area contributed by atoms with Gasteiger partial charge in [-0.3, -0.25) is 0 Å². The summed E-state index contributed by atoms with van der Waals surface area (Å²) in [5.74, 6) is 0. The Hall–Kier alpha value is -5.18. The fourth-order valence-electron chi connectivity index (χ4n) is 6.66. The number of hydrogen-bond donors (Lipinski definition) is 0. The van der Waals surface area contributed by atoms with Crippen molar-refractivity contribution < 1.29 is 0 Å². The molecule has 0 fully saturated rings. The van der Waals surface area contributed by atoms with Crippen molar-refractivity contribution in [2.24, 2.45) is 0 Å². The lowest BCUT2D eigenvalue weighted by molar-refractivity contribution is 1.32. The van der Waals surface area contributed by atoms with Crippen LogP contribution >= 0.6 is 11.3 Å². The molecule has 196 valence electrons. The van der Waals surface area contributed by atoms with Gasteiger partial charge in [0.2, 0.25) is 0 Å². The first-order valence-corrected chi connectivity index (χ1v) is 15.2. The van der Waals surface area contributed by atoms with E-state index in [1.165, 1.54) is 74.6 Å². The third-order valence-electron chi connectivity index (χ3n) is 8.60. The smallest absolute Gasteiger partial charge is 0.0546 e. The molecule has 0 amide bonds. The Morgan fingerprint density at radius 1 is 0.357 bits per heavy atom. The van der Waals surface area contributed by atoms with Gasteiger partial charge in [-0.25, -0.2) is 0 Å². The number of fused-ring (bicyclic) bond motifs is 9. The summed E-state index contributed by atoms with van der Waals surface area (Å²) in [7, 11) is 0. The number of rotatable bonds is 3. The maximum atomic E-state index is 2.47. The van der Waals surface area contributed by atoms with Gasteiger partial charge in [0.25, 0.3) is 0 Å². The second kappa shape index (κ2) is 9.17. The Bertz CT molecular complexity index is 2480. The molecule has 0 atom stereocenters. The van der Waals surface area contributed by atoms with E-state index in [0.717, 1.165) is 5.69 Å². The van der Waals surface area contributed by atoms with E-state index in [4.69, 9.17) is 0 Å². The average molecular weight is 552 g/mol. The van der Waals surface area contributed by atoms with Crippen LogP contribution in [0.25, 0.3) is 63.3 Å². The number of hydrogen-bond acceptors (Lipinski definition) is 2. The lowest BCUT2D eigenvalue weighted by Gasteiger charge is -2.29.